The number of hydrogen-bond acceptors (Lipinski definition) is 2. The minimum absolute atomic E-state index is 0.883. The van der Waals surface area contributed by atoms with E-state index in [4.69, 9.17) is 4.42 Å². The standard InChI is InChI=1S/C57H41NO/c1-3-4-6-14-39(2)40-23-30-46(31-24-40)58(47-32-25-42(26-33-47)41-15-7-5-8-16-41)48-34-27-43(28-35-48)44-29-36-56-55(37-44)53-22-13-21-52(57(53)59-56)54-38-45-17-9-10-18-49(45)50-19-11-12-20-51(50)54/h3-38H,1H2,2H3/b6-4-,39-14+. The predicted octanol–water partition coefficient (Wildman–Crippen LogP) is 16.5. The second kappa shape index (κ2) is 15.3. The van der Waals surface area contributed by atoms with E-state index in [1.807, 2.05) is 12.2 Å². The van der Waals surface area contributed by atoms with Crippen molar-refractivity contribution < 1.29 is 4.42 Å². The van der Waals surface area contributed by atoms with Crippen LogP contribution in [0.5, 0.6) is 0 Å². The molecule has 0 aliphatic rings. The molecule has 10 aromatic rings. The summed E-state index contributed by atoms with van der Waals surface area (Å²) in [6.45, 7) is 5.92. The molecule has 0 spiro atoms. The van der Waals surface area contributed by atoms with Crippen molar-refractivity contribution in [1.29, 1.82) is 0 Å². The van der Waals surface area contributed by atoms with Crippen molar-refractivity contribution in [2.24, 2.45) is 0 Å². The van der Waals surface area contributed by atoms with Gasteiger partial charge in [-0.25, -0.2) is 0 Å². The Bertz CT molecular complexity index is 3200. The molecule has 59 heavy (non-hydrogen) atoms. The van der Waals surface area contributed by atoms with Crippen molar-refractivity contribution in [2.75, 3.05) is 4.90 Å². The summed E-state index contributed by atoms with van der Waals surface area (Å²) in [7, 11) is 0. The van der Waals surface area contributed by atoms with Gasteiger partial charge in [0.15, 0.2) is 0 Å². The van der Waals surface area contributed by atoms with Gasteiger partial charge in [0, 0.05) is 33.4 Å². The topological polar surface area (TPSA) is 16.4 Å². The molecule has 0 bridgehead atoms. The van der Waals surface area contributed by atoms with Gasteiger partial charge in [-0.15, -0.1) is 0 Å². The maximum absolute atomic E-state index is 6.71. The third-order valence-electron chi connectivity index (χ3n) is 11.4. The Hall–Kier alpha value is -7.68. The van der Waals surface area contributed by atoms with E-state index in [0.29, 0.717) is 0 Å². The first-order chi connectivity index (χ1) is 29.1. The number of fused-ring (bicyclic) bond motifs is 6. The van der Waals surface area contributed by atoms with Crippen LogP contribution in [0.1, 0.15) is 12.5 Å². The first kappa shape index (κ1) is 35.7. The Labute approximate surface area is 344 Å². The summed E-state index contributed by atoms with van der Waals surface area (Å²) < 4.78 is 6.71. The summed E-state index contributed by atoms with van der Waals surface area (Å²) in [6, 6.07) is 69.8. The summed E-state index contributed by atoms with van der Waals surface area (Å²) in [5.41, 5.74) is 14.4. The highest BCUT2D eigenvalue weighted by molar-refractivity contribution is 6.18. The maximum atomic E-state index is 6.71. The van der Waals surface area contributed by atoms with Gasteiger partial charge in [0.05, 0.1) is 0 Å². The van der Waals surface area contributed by atoms with Crippen LogP contribution in [-0.4, -0.2) is 0 Å². The number of nitrogens with zero attached hydrogens (tertiary/aromatic N) is 1. The Morgan fingerprint density at radius 2 is 1.03 bits per heavy atom. The second-order valence-electron chi connectivity index (χ2n) is 15.0. The zero-order valence-electron chi connectivity index (χ0n) is 32.8. The second-order valence-corrected chi connectivity index (χ2v) is 15.0. The molecule has 0 atom stereocenters. The number of allylic oxidation sites excluding steroid dienone is 5. The van der Waals surface area contributed by atoms with Gasteiger partial charge >= 0.3 is 0 Å². The highest BCUT2D eigenvalue weighted by atomic mass is 16.3. The minimum atomic E-state index is 0.883. The normalized spacial score (nSPS) is 11.9. The molecule has 0 saturated heterocycles. The SMILES string of the molecule is C=C/C=C\C=C(/C)c1ccc(N(c2ccc(-c3ccccc3)cc2)c2ccc(-c3ccc4oc5c(-c6cc7ccccc7c7ccccc67)cccc5c4c3)cc2)cc1. The number of hydrogen-bond donors (Lipinski definition) is 0. The lowest BCUT2D eigenvalue weighted by Gasteiger charge is -2.26. The lowest BCUT2D eigenvalue weighted by Crippen LogP contribution is -2.09. The molecule has 1 heterocycles. The lowest BCUT2D eigenvalue weighted by molar-refractivity contribution is 0.670. The van der Waals surface area contributed by atoms with Gasteiger partial charge in [-0.3, -0.25) is 0 Å². The highest BCUT2D eigenvalue weighted by Gasteiger charge is 2.17. The Morgan fingerprint density at radius 1 is 0.458 bits per heavy atom. The van der Waals surface area contributed by atoms with Crippen LogP contribution in [0.4, 0.5) is 17.1 Å². The monoisotopic (exact) mass is 755 g/mol. The van der Waals surface area contributed by atoms with Crippen LogP contribution >= 0.6 is 0 Å². The Kier molecular flexibility index (Phi) is 9.29. The van der Waals surface area contributed by atoms with Crippen LogP contribution in [0.25, 0.3) is 82.4 Å². The molecule has 0 aliphatic carbocycles. The van der Waals surface area contributed by atoms with E-state index in [-0.39, 0.29) is 0 Å². The van der Waals surface area contributed by atoms with E-state index >= 15 is 0 Å². The van der Waals surface area contributed by atoms with Crippen LogP contribution in [0.15, 0.2) is 229 Å². The summed E-state index contributed by atoms with van der Waals surface area (Å²) in [5, 5.41) is 7.18. The number of benzene rings is 9. The maximum Gasteiger partial charge on any atom is 0.143 e. The number of furan rings is 1. The lowest BCUT2D eigenvalue weighted by atomic mass is 9.92. The molecule has 0 radical (unpaired) electrons. The molecular weight excluding hydrogens is 715 g/mol. The van der Waals surface area contributed by atoms with E-state index in [9.17, 15) is 0 Å². The van der Waals surface area contributed by atoms with Gasteiger partial charge in [-0.05, 0) is 122 Å². The Morgan fingerprint density at radius 3 is 1.75 bits per heavy atom. The molecule has 0 aliphatic heterocycles. The van der Waals surface area contributed by atoms with Crippen LogP contribution < -0.4 is 4.90 Å². The first-order valence-corrected chi connectivity index (χ1v) is 20.1. The van der Waals surface area contributed by atoms with Crippen LogP contribution in [0.3, 0.4) is 0 Å². The molecule has 9 aromatic carbocycles. The zero-order chi connectivity index (χ0) is 39.7. The van der Waals surface area contributed by atoms with Crippen molar-refractivity contribution in [2.45, 2.75) is 6.92 Å². The summed E-state index contributed by atoms with van der Waals surface area (Å²) >= 11 is 0. The van der Waals surface area contributed by atoms with Crippen molar-refractivity contribution in [3.63, 3.8) is 0 Å². The van der Waals surface area contributed by atoms with Gasteiger partial charge in [-0.1, -0.05) is 170 Å². The number of para-hydroxylation sites is 1. The zero-order valence-corrected chi connectivity index (χ0v) is 32.8. The van der Waals surface area contributed by atoms with Gasteiger partial charge in [0.1, 0.15) is 11.2 Å². The largest absolute Gasteiger partial charge is 0.455 e. The molecule has 1 aromatic heterocycles. The van der Waals surface area contributed by atoms with Crippen molar-refractivity contribution in [3.05, 3.63) is 231 Å². The fraction of sp³-hybridized carbons (Fsp3) is 0.0175. The molecule has 0 saturated carbocycles. The van der Waals surface area contributed by atoms with E-state index in [2.05, 4.69) is 219 Å². The summed E-state index contributed by atoms with van der Waals surface area (Å²) in [6.07, 6.45) is 7.88. The van der Waals surface area contributed by atoms with Gasteiger partial charge in [-0.2, -0.15) is 0 Å². The van der Waals surface area contributed by atoms with E-state index in [1.54, 1.807) is 6.08 Å². The molecule has 0 N–H and O–H groups in total. The van der Waals surface area contributed by atoms with Crippen molar-refractivity contribution in [1.82, 2.24) is 0 Å². The third kappa shape index (κ3) is 6.71. The summed E-state index contributed by atoms with van der Waals surface area (Å²) in [5.74, 6) is 0. The molecule has 10 rings (SSSR count). The smallest absolute Gasteiger partial charge is 0.143 e. The van der Waals surface area contributed by atoms with Crippen molar-refractivity contribution >= 4 is 66.1 Å². The molecule has 0 fully saturated rings. The number of anilines is 3. The third-order valence-corrected chi connectivity index (χ3v) is 11.4. The fourth-order valence-electron chi connectivity index (χ4n) is 8.40. The first-order valence-electron chi connectivity index (χ1n) is 20.1. The van der Waals surface area contributed by atoms with Crippen LogP contribution in [0.2, 0.25) is 0 Å². The highest BCUT2D eigenvalue weighted by Crippen LogP contribution is 2.42. The van der Waals surface area contributed by atoms with Gasteiger partial charge < -0.3 is 9.32 Å². The molecule has 0 unspecified atom stereocenters. The van der Waals surface area contributed by atoms with Crippen LogP contribution in [0, 0.1) is 0 Å². The molecule has 0 amide bonds. The Balaban J connectivity index is 1.02. The van der Waals surface area contributed by atoms with Gasteiger partial charge in [0.25, 0.3) is 0 Å². The van der Waals surface area contributed by atoms with Crippen LogP contribution in [-0.2, 0) is 0 Å². The van der Waals surface area contributed by atoms with E-state index in [0.717, 1.165) is 55.7 Å². The van der Waals surface area contributed by atoms with E-state index in [1.165, 1.54) is 49.4 Å². The quantitative estimate of drug-likeness (QED) is 0.108. The predicted molar refractivity (Wildman–Crippen MR) is 253 cm³/mol. The minimum Gasteiger partial charge on any atom is -0.455 e. The van der Waals surface area contributed by atoms with E-state index < -0.39 is 0 Å². The average Bonchev–Trinajstić information content (AvgIpc) is 3.68. The van der Waals surface area contributed by atoms with Crippen molar-refractivity contribution in [3.8, 4) is 33.4 Å². The summed E-state index contributed by atoms with van der Waals surface area (Å²) in [4.78, 5) is 2.32. The number of rotatable bonds is 9. The fourth-order valence-corrected chi connectivity index (χ4v) is 8.40. The average molecular weight is 756 g/mol. The molecule has 280 valence electrons. The van der Waals surface area contributed by atoms with Gasteiger partial charge in [0.2, 0.25) is 0 Å². The molecular formula is C57H41NO. The molecule has 2 heteroatoms. The molecule has 2 nitrogen and oxygen atoms in total.